The van der Waals surface area contributed by atoms with Crippen molar-refractivity contribution in [2.24, 2.45) is 23.5 Å². The lowest BCUT2D eigenvalue weighted by Gasteiger charge is -2.29. The Morgan fingerprint density at radius 1 is 1.24 bits per heavy atom. The number of nitrogens with one attached hydrogen (secondary N) is 1. The molecule has 0 aromatic rings. The first-order valence-electron chi connectivity index (χ1n) is 8.14. The lowest BCUT2D eigenvalue weighted by atomic mass is 9.85. The average Bonchev–Trinajstić information content (AvgIpc) is 2.45. The van der Waals surface area contributed by atoms with E-state index in [4.69, 9.17) is 10.5 Å². The second-order valence-corrected chi connectivity index (χ2v) is 6.37. The van der Waals surface area contributed by atoms with E-state index < -0.39 is 0 Å². The zero-order valence-electron chi connectivity index (χ0n) is 13.6. The summed E-state index contributed by atoms with van der Waals surface area (Å²) < 4.78 is 5.05. The third-order valence-electron chi connectivity index (χ3n) is 4.10. The van der Waals surface area contributed by atoms with Crippen LogP contribution in [0.1, 0.15) is 52.9 Å². The summed E-state index contributed by atoms with van der Waals surface area (Å²) in [6.45, 7) is 6.84. The Morgan fingerprint density at radius 3 is 2.33 bits per heavy atom. The number of nitrogens with two attached hydrogens (primary N) is 1. The molecule has 0 spiro atoms. The van der Waals surface area contributed by atoms with Gasteiger partial charge in [0.05, 0.1) is 18.4 Å². The van der Waals surface area contributed by atoms with Gasteiger partial charge in [-0.25, -0.2) is 0 Å². The van der Waals surface area contributed by atoms with Gasteiger partial charge in [0, 0.05) is 12.6 Å². The summed E-state index contributed by atoms with van der Waals surface area (Å²) in [7, 11) is 0. The van der Waals surface area contributed by atoms with E-state index in [0.29, 0.717) is 19.1 Å². The van der Waals surface area contributed by atoms with E-state index in [1.807, 2.05) is 6.92 Å². The molecule has 1 atom stereocenters. The Kier molecular flexibility index (Phi) is 7.72. The van der Waals surface area contributed by atoms with Gasteiger partial charge in [-0.15, -0.1) is 0 Å². The summed E-state index contributed by atoms with van der Waals surface area (Å²) >= 11 is 0. The van der Waals surface area contributed by atoms with Gasteiger partial charge in [0.25, 0.3) is 0 Å². The molecule has 0 radical (unpaired) electrons. The van der Waals surface area contributed by atoms with Crippen LogP contribution in [0.4, 0.5) is 0 Å². The SMILES string of the molecule is CCOC(=O)C1CCC(NC(=O)C(CN)CC(C)C)CC1. The Balaban J connectivity index is 2.37. The van der Waals surface area contributed by atoms with Crippen molar-refractivity contribution in [1.82, 2.24) is 5.32 Å². The van der Waals surface area contributed by atoms with Gasteiger partial charge >= 0.3 is 5.97 Å². The van der Waals surface area contributed by atoms with Crippen molar-refractivity contribution in [2.75, 3.05) is 13.2 Å². The van der Waals surface area contributed by atoms with Gasteiger partial charge < -0.3 is 15.8 Å². The second-order valence-electron chi connectivity index (χ2n) is 6.37. The molecule has 122 valence electrons. The molecular formula is C16H30N2O3. The van der Waals surface area contributed by atoms with Crippen molar-refractivity contribution >= 4 is 11.9 Å². The maximum Gasteiger partial charge on any atom is 0.308 e. The number of amides is 1. The quantitative estimate of drug-likeness (QED) is 0.703. The van der Waals surface area contributed by atoms with Crippen LogP contribution in [0.3, 0.4) is 0 Å². The lowest BCUT2D eigenvalue weighted by Crippen LogP contribution is -2.43. The highest BCUT2D eigenvalue weighted by molar-refractivity contribution is 5.79. The van der Waals surface area contributed by atoms with Crippen LogP contribution in [0, 0.1) is 17.8 Å². The number of esters is 1. The average molecular weight is 298 g/mol. The van der Waals surface area contributed by atoms with Crippen molar-refractivity contribution in [3.63, 3.8) is 0 Å². The highest BCUT2D eigenvalue weighted by Gasteiger charge is 2.29. The Bertz CT molecular complexity index is 336. The molecule has 1 aliphatic rings. The molecule has 0 aromatic carbocycles. The first kappa shape index (κ1) is 18.0. The van der Waals surface area contributed by atoms with Crippen molar-refractivity contribution in [3.05, 3.63) is 0 Å². The van der Waals surface area contributed by atoms with Crippen LogP contribution < -0.4 is 11.1 Å². The molecular weight excluding hydrogens is 268 g/mol. The molecule has 5 nitrogen and oxygen atoms in total. The minimum atomic E-state index is -0.104. The van der Waals surface area contributed by atoms with E-state index >= 15 is 0 Å². The minimum Gasteiger partial charge on any atom is -0.466 e. The molecule has 1 rings (SSSR count). The molecule has 3 N–H and O–H groups in total. The molecule has 0 bridgehead atoms. The van der Waals surface area contributed by atoms with Crippen LogP contribution in [-0.2, 0) is 14.3 Å². The van der Waals surface area contributed by atoms with Crippen LogP contribution in [0.15, 0.2) is 0 Å². The van der Waals surface area contributed by atoms with Gasteiger partial charge in [0.15, 0.2) is 0 Å². The van der Waals surface area contributed by atoms with E-state index in [1.54, 1.807) is 0 Å². The fourth-order valence-corrected chi connectivity index (χ4v) is 2.93. The molecule has 0 aromatic heterocycles. The number of carbonyl (C=O) groups is 2. The van der Waals surface area contributed by atoms with Crippen LogP contribution in [-0.4, -0.2) is 31.1 Å². The van der Waals surface area contributed by atoms with Crippen LogP contribution in [0.2, 0.25) is 0 Å². The third-order valence-corrected chi connectivity index (χ3v) is 4.10. The Hall–Kier alpha value is -1.10. The van der Waals surface area contributed by atoms with E-state index in [0.717, 1.165) is 32.1 Å². The van der Waals surface area contributed by atoms with Crippen LogP contribution >= 0.6 is 0 Å². The van der Waals surface area contributed by atoms with Crippen LogP contribution in [0.25, 0.3) is 0 Å². The summed E-state index contributed by atoms with van der Waals surface area (Å²) in [5.74, 6) is 0.323. The second kappa shape index (κ2) is 9.03. The summed E-state index contributed by atoms with van der Waals surface area (Å²) in [5.41, 5.74) is 5.70. The zero-order valence-corrected chi connectivity index (χ0v) is 13.6. The van der Waals surface area contributed by atoms with Crippen molar-refractivity contribution in [3.8, 4) is 0 Å². The van der Waals surface area contributed by atoms with Crippen molar-refractivity contribution < 1.29 is 14.3 Å². The standard InChI is InChI=1S/C16H30N2O3/c1-4-21-16(20)12-5-7-14(8-6-12)18-15(19)13(10-17)9-11(2)3/h11-14H,4-10,17H2,1-3H3,(H,18,19). The van der Waals surface area contributed by atoms with Gasteiger partial charge in [-0.3, -0.25) is 9.59 Å². The highest BCUT2D eigenvalue weighted by atomic mass is 16.5. The predicted octanol–water partition coefficient (Wildman–Crippen LogP) is 1.85. The van der Waals surface area contributed by atoms with Gasteiger partial charge in [-0.05, 0) is 44.9 Å². The number of hydrogen-bond donors (Lipinski definition) is 2. The molecule has 1 saturated carbocycles. The molecule has 1 aliphatic carbocycles. The van der Waals surface area contributed by atoms with Crippen molar-refractivity contribution in [2.45, 2.75) is 58.9 Å². The normalized spacial score (nSPS) is 23.7. The highest BCUT2D eigenvalue weighted by Crippen LogP contribution is 2.25. The summed E-state index contributed by atoms with van der Waals surface area (Å²) in [4.78, 5) is 23.9. The molecule has 1 unspecified atom stereocenters. The molecule has 1 fully saturated rings. The van der Waals surface area contributed by atoms with Crippen molar-refractivity contribution in [1.29, 1.82) is 0 Å². The van der Waals surface area contributed by atoms with Gasteiger partial charge in [-0.1, -0.05) is 13.8 Å². The number of ether oxygens (including phenoxy) is 1. The number of carbonyl (C=O) groups excluding carboxylic acids is 2. The number of hydrogen-bond acceptors (Lipinski definition) is 4. The predicted molar refractivity (Wildman–Crippen MR) is 82.5 cm³/mol. The van der Waals surface area contributed by atoms with Crippen LogP contribution in [0.5, 0.6) is 0 Å². The molecule has 0 heterocycles. The van der Waals surface area contributed by atoms with E-state index in [-0.39, 0.29) is 29.8 Å². The Labute approximate surface area is 128 Å². The first-order valence-corrected chi connectivity index (χ1v) is 8.14. The Morgan fingerprint density at radius 2 is 1.86 bits per heavy atom. The van der Waals surface area contributed by atoms with Gasteiger partial charge in [0.1, 0.15) is 0 Å². The molecule has 0 saturated heterocycles. The third kappa shape index (κ3) is 6.04. The molecule has 5 heteroatoms. The lowest BCUT2D eigenvalue weighted by molar-refractivity contribution is -0.149. The van der Waals surface area contributed by atoms with E-state index in [9.17, 15) is 9.59 Å². The monoisotopic (exact) mass is 298 g/mol. The molecule has 1 amide bonds. The maximum absolute atomic E-state index is 12.2. The fraction of sp³-hybridized carbons (Fsp3) is 0.875. The van der Waals surface area contributed by atoms with E-state index in [1.165, 1.54) is 0 Å². The summed E-state index contributed by atoms with van der Waals surface area (Å²) in [6, 6.07) is 0.171. The summed E-state index contributed by atoms with van der Waals surface area (Å²) in [5, 5.41) is 3.10. The first-order chi connectivity index (χ1) is 9.97. The number of rotatable bonds is 7. The van der Waals surface area contributed by atoms with Gasteiger partial charge in [-0.2, -0.15) is 0 Å². The van der Waals surface area contributed by atoms with Gasteiger partial charge in [0.2, 0.25) is 5.91 Å². The molecule has 21 heavy (non-hydrogen) atoms. The largest absolute Gasteiger partial charge is 0.466 e. The van der Waals surface area contributed by atoms with E-state index in [2.05, 4.69) is 19.2 Å². The topological polar surface area (TPSA) is 81.4 Å². The fourth-order valence-electron chi connectivity index (χ4n) is 2.93. The zero-order chi connectivity index (χ0) is 15.8. The molecule has 0 aliphatic heterocycles. The summed E-state index contributed by atoms with van der Waals surface area (Å²) in [6.07, 6.45) is 4.09. The minimum absolute atomic E-state index is 0.000860. The smallest absolute Gasteiger partial charge is 0.308 e. The maximum atomic E-state index is 12.2.